The summed E-state index contributed by atoms with van der Waals surface area (Å²) in [7, 11) is 0. The van der Waals surface area contributed by atoms with Gasteiger partial charge < -0.3 is 15.0 Å². The van der Waals surface area contributed by atoms with Gasteiger partial charge in [0.2, 0.25) is 0 Å². The fourth-order valence-corrected chi connectivity index (χ4v) is 3.11. The average Bonchev–Trinajstić information content (AvgIpc) is 2.68. The van der Waals surface area contributed by atoms with Gasteiger partial charge in [-0.05, 0) is 42.9 Å². The average molecular weight is 339 g/mol. The second-order valence-electron chi connectivity index (χ2n) is 6.42. The molecule has 1 aromatic heterocycles. The molecular weight excluding hydrogens is 314 g/mol. The Kier molecular flexibility index (Phi) is 6.26. The Morgan fingerprint density at radius 2 is 1.84 bits per heavy atom. The first kappa shape index (κ1) is 17.3. The Labute approximate surface area is 149 Å². The first-order valence-corrected chi connectivity index (χ1v) is 8.91. The number of benzene rings is 1. The van der Waals surface area contributed by atoms with Crippen LogP contribution in [0, 0.1) is 5.92 Å². The molecule has 5 nitrogen and oxygen atoms in total. The van der Waals surface area contributed by atoms with Crippen LogP contribution in [0.25, 0.3) is 0 Å². The Morgan fingerprint density at radius 1 is 1.12 bits per heavy atom. The number of amides is 1. The maximum Gasteiger partial charge on any atom is 0.410 e. The number of ether oxygens (including phenoxy) is 1. The minimum atomic E-state index is -0.197. The summed E-state index contributed by atoms with van der Waals surface area (Å²) in [6.07, 6.45) is 6.59. The maximum absolute atomic E-state index is 12.2. The molecule has 0 unspecified atom stereocenters. The topological polar surface area (TPSA) is 54.5 Å². The second-order valence-corrected chi connectivity index (χ2v) is 6.42. The molecule has 0 bridgehead atoms. The third kappa shape index (κ3) is 5.48. The van der Waals surface area contributed by atoms with E-state index in [9.17, 15) is 4.79 Å². The number of pyridine rings is 1. The smallest absolute Gasteiger partial charge is 0.410 e. The van der Waals surface area contributed by atoms with Crippen LogP contribution >= 0.6 is 0 Å². The third-order valence-corrected chi connectivity index (χ3v) is 4.64. The number of nitrogens with zero attached hydrogens (tertiary/aromatic N) is 2. The highest BCUT2D eigenvalue weighted by molar-refractivity contribution is 5.67. The van der Waals surface area contributed by atoms with Crippen molar-refractivity contribution in [2.75, 3.05) is 25.0 Å². The Hall–Kier alpha value is -2.56. The highest BCUT2D eigenvalue weighted by Crippen LogP contribution is 2.21. The van der Waals surface area contributed by atoms with Crippen LogP contribution in [0.4, 0.5) is 10.5 Å². The summed E-state index contributed by atoms with van der Waals surface area (Å²) in [5.41, 5.74) is 2.13. The Balaban J connectivity index is 1.33. The van der Waals surface area contributed by atoms with Crippen LogP contribution in [0.15, 0.2) is 54.9 Å². The van der Waals surface area contributed by atoms with Crippen LogP contribution in [0.1, 0.15) is 24.8 Å². The predicted octanol–water partition coefficient (Wildman–Crippen LogP) is 3.93. The molecule has 0 aliphatic carbocycles. The Bertz CT molecular complexity index is 641. The van der Waals surface area contributed by atoms with Crippen molar-refractivity contribution in [2.24, 2.45) is 5.92 Å². The van der Waals surface area contributed by atoms with Crippen molar-refractivity contribution >= 4 is 11.8 Å². The lowest BCUT2D eigenvalue weighted by atomic mass is 9.94. The van der Waals surface area contributed by atoms with Gasteiger partial charge in [0, 0.05) is 37.7 Å². The quantitative estimate of drug-likeness (QED) is 0.866. The fraction of sp³-hybridized carbons (Fsp3) is 0.400. The molecule has 1 saturated heterocycles. The molecule has 25 heavy (non-hydrogen) atoms. The molecule has 1 aromatic carbocycles. The van der Waals surface area contributed by atoms with Gasteiger partial charge in [0.25, 0.3) is 0 Å². The van der Waals surface area contributed by atoms with Crippen LogP contribution in [0.2, 0.25) is 0 Å². The van der Waals surface area contributed by atoms with Gasteiger partial charge in [-0.1, -0.05) is 30.3 Å². The number of hydrogen-bond donors (Lipinski definition) is 1. The van der Waals surface area contributed by atoms with Crippen molar-refractivity contribution in [3.63, 3.8) is 0 Å². The number of anilines is 1. The van der Waals surface area contributed by atoms with Gasteiger partial charge >= 0.3 is 6.09 Å². The Morgan fingerprint density at radius 3 is 2.56 bits per heavy atom. The minimum absolute atomic E-state index is 0.197. The largest absolute Gasteiger partial charge is 0.445 e. The summed E-state index contributed by atoms with van der Waals surface area (Å²) in [6.45, 7) is 2.86. The van der Waals surface area contributed by atoms with Crippen molar-refractivity contribution < 1.29 is 9.53 Å². The highest BCUT2D eigenvalue weighted by Gasteiger charge is 2.23. The molecule has 132 valence electrons. The number of likely N-dealkylation sites (tertiary alicyclic amines) is 1. The first-order chi connectivity index (χ1) is 12.3. The van der Waals surface area contributed by atoms with Crippen LogP contribution in [-0.4, -0.2) is 35.6 Å². The summed E-state index contributed by atoms with van der Waals surface area (Å²) in [5, 5.41) is 3.42. The number of carbonyl (C=O) groups is 1. The van der Waals surface area contributed by atoms with E-state index >= 15 is 0 Å². The molecule has 0 saturated carbocycles. The highest BCUT2D eigenvalue weighted by atomic mass is 16.6. The monoisotopic (exact) mass is 339 g/mol. The zero-order valence-electron chi connectivity index (χ0n) is 14.4. The molecule has 5 heteroatoms. The van der Waals surface area contributed by atoms with Gasteiger partial charge in [0.1, 0.15) is 6.61 Å². The van der Waals surface area contributed by atoms with E-state index in [2.05, 4.69) is 10.3 Å². The summed E-state index contributed by atoms with van der Waals surface area (Å²) in [4.78, 5) is 18.0. The van der Waals surface area contributed by atoms with Crippen LogP contribution < -0.4 is 5.32 Å². The lowest BCUT2D eigenvalue weighted by Crippen LogP contribution is -2.39. The third-order valence-electron chi connectivity index (χ3n) is 4.64. The van der Waals surface area contributed by atoms with E-state index in [1.54, 1.807) is 12.4 Å². The molecular formula is C20H25N3O2. The first-order valence-electron chi connectivity index (χ1n) is 8.91. The lowest BCUT2D eigenvalue weighted by Gasteiger charge is -2.31. The predicted molar refractivity (Wildman–Crippen MR) is 98.3 cm³/mol. The van der Waals surface area contributed by atoms with Crippen molar-refractivity contribution in [1.82, 2.24) is 9.88 Å². The molecule has 0 spiro atoms. The van der Waals surface area contributed by atoms with Crippen LogP contribution in [0.5, 0.6) is 0 Å². The van der Waals surface area contributed by atoms with Gasteiger partial charge in [-0.3, -0.25) is 4.98 Å². The van der Waals surface area contributed by atoms with Gasteiger partial charge in [0.05, 0.1) is 0 Å². The standard InChI is InChI=1S/C20H25N3O2/c24-20(25-16-18-4-2-1-3-5-18)23-14-9-17(10-15-23)6-13-22-19-7-11-21-12-8-19/h1-5,7-8,11-12,17H,6,9-10,13-16H2,(H,21,22). The molecule has 0 radical (unpaired) electrons. The number of nitrogens with one attached hydrogen (secondary N) is 1. The van der Waals surface area contributed by atoms with E-state index in [1.807, 2.05) is 47.4 Å². The SMILES string of the molecule is O=C(OCc1ccccc1)N1CCC(CCNc2ccncc2)CC1. The molecule has 1 aliphatic heterocycles. The van der Waals surface area contributed by atoms with Crippen molar-refractivity contribution in [2.45, 2.75) is 25.9 Å². The minimum Gasteiger partial charge on any atom is -0.445 e. The van der Waals surface area contributed by atoms with E-state index in [0.717, 1.165) is 50.1 Å². The zero-order chi connectivity index (χ0) is 17.3. The summed E-state index contributed by atoms with van der Waals surface area (Å²) < 4.78 is 5.41. The van der Waals surface area contributed by atoms with Crippen molar-refractivity contribution in [1.29, 1.82) is 0 Å². The lowest BCUT2D eigenvalue weighted by molar-refractivity contribution is 0.0818. The molecule has 1 fully saturated rings. The van der Waals surface area contributed by atoms with Gasteiger partial charge in [-0.2, -0.15) is 0 Å². The molecule has 1 amide bonds. The van der Waals surface area contributed by atoms with E-state index in [4.69, 9.17) is 4.74 Å². The van der Waals surface area contributed by atoms with Gasteiger partial charge in [-0.15, -0.1) is 0 Å². The number of rotatable bonds is 6. The second kappa shape index (κ2) is 9.06. The number of piperidine rings is 1. The normalized spacial score (nSPS) is 15.0. The van der Waals surface area contributed by atoms with Gasteiger partial charge in [0.15, 0.2) is 0 Å². The summed E-state index contributed by atoms with van der Waals surface area (Å²) in [5.74, 6) is 0.660. The van der Waals surface area contributed by atoms with Crippen molar-refractivity contribution in [3.05, 3.63) is 60.4 Å². The van der Waals surface area contributed by atoms with Crippen LogP contribution in [-0.2, 0) is 11.3 Å². The van der Waals surface area contributed by atoms with E-state index in [-0.39, 0.29) is 6.09 Å². The fourth-order valence-electron chi connectivity index (χ4n) is 3.11. The van der Waals surface area contributed by atoms with Gasteiger partial charge in [-0.25, -0.2) is 4.79 Å². The molecule has 1 aliphatic rings. The maximum atomic E-state index is 12.2. The number of aromatic nitrogens is 1. The van der Waals surface area contributed by atoms with E-state index in [1.165, 1.54) is 0 Å². The molecule has 2 aromatic rings. The molecule has 0 atom stereocenters. The van der Waals surface area contributed by atoms with E-state index in [0.29, 0.717) is 12.5 Å². The summed E-state index contributed by atoms with van der Waals surface area (Å²) in [6, 6.07) is 13.8. The summed E-state index contributed by atoms with van der Waals surface area (Å²) >= 11 is 0. The zero-order valence-corrected chi connectivity index (χ0v) is 14.4. The van der Waals surface area contributed by atoms with E-state index < -0.39 is 0 Å². The number of carbonyl (C=O) groups excluding carboxylic acids is 1. The van der Waals surface area contributed by atoms with Crippen molar-refractivity contribution in [3.8, 4) is 0 Å². The molecule has 3 rings (SSSR count). The van der Waals surface area contributed by atoms with Crippen LogP contribution in [0.3, 0.4) is 0 Å². The molecule has 2 heterocycles. The number of hydrogen-bond acceptors (Lipinski definition) is 4. The molecule has 1 N–H and O–H groups in total.